The third kappa shape index (κ3) is 10.4. The van der Waals surface area contributed by atoms with Crippen molar-refractivity contribution >= 4 is 40.9 Å². The summed E-state index contributed by atoms with van der Waals surface area (Å²) in [5.74, 6) is -2.08. The molecule has 1 amide bonds. The normalized spacial score (nSPS) is 21.0. The van der Waals surface area contributed by atoms with Crippen LogP contribution in [0.5, 0.6) is 0 Å². The maximum absolute atomic E-state index is 12.3. The zero-order chi connectivity index (χ0) is 34.8. The molecular weight excluding hydrogens is 616 g/mol. The number of hydrogen-bond donors (Lipinski definition) is 6. The summed E-state index contributed by atoms with van der Waals surface area (Å²) in [6, 6.07) is 7.22. The van der Waals surface area contributed by atoms with Crippen LogP contribution >= 0.6 is 0 Å². The van der Waals surface area contributed by atoms with E-state index in [4.69, 9.17) is 20.9 Å². The SMILES string of the molecule is CCc1nc(C(N)=O)c(Nc2ccc(N3CCC(N4CCN(C)CC4)CC3)c(C)c2)nc1NC1CCC(O)CC1.O=C(O)/C=C/C(=O)O. The van der Waals surface area contributed by atoms with Crippen molar-refractivity contribution in [3.63, 3.8) is 0 Å². The molecule has 14 heteroatoms. The van der Waals surface area contributed by atoms with Gasteiger partial charge in [-0.05, 0) is 82.7 Å². The van der Waals surface area contributed by atoms with Crippen LogP contribution in [0.15, 0.2) is 30.4 Å². The van der Waals surface area contributed by atoms with Gasteiger partial charge in [-0.2, -0.15) is 0 Å². The fourth-order valence-corrected chi connectivity index (χ4v) is 6.53. The Labute approximate surface area is 282 Å². The Hall–Kier alpha value is -4.27. The van der Waals surface area contributed by atoms with Crippen LogP contribution in [0, 0.1) is 6.92 Å². The Morgan fingerprint density at radius 1 is 0.917 bits per heavy atom. The highest BCUT2D eigenvalue weighted by Crippen LogP contribution is 2.31. The highest BCUT2D eigenvalue weighted by molar-refractivity contribution is 5.96. The number of carbonyl (C=O) groups excluding carboxylic acids is 1. The first-order chi connectivity index (χ1) is 22.9. The lowest BCUT2D eigenvalue weighted by atomic mass is 9.93. The van der Waals surface area contributed by atoms with Crippen LogP contribution in [0.3, 0.4) is 0 Å². The van der Waals surface area contributed by atoms with Gasteiger partial charge in [0.05, 0.1) is 11.8 Å². The molecule has 1 saturated carbocycles. The minimum absolute atomic E-state index is 0.147. The molecule has 1 aromatic carbocycles. The van der Waals surface area contributed by atoms with Crippen molar-refractivity contribution in [3.05, 3.63) is 47.3 Å². The van der Waals surface area contributed by atoms with Crippen molar-refractivity contribution in [1.82, 2.24) is 19.8 Å². The number of carboxylic acids is 2. The molecule has 0 spiro atoms. The molecule has 0 bridgehead atoms. The number of rotatable bonds is 10. The Bertz CT molecular complexity index is 1430. The average molecular weight is 667 g/mol. The van der Waals surface area contributed by atoms with Crippen LogP contribution in [0.1, 0.15) is 67.2 Å². The van der Waals surface area contributed by atoms with Gasteiger partial charge in [0.25, 0.3) is 5.91 Å². The number of likely N-dealkylation sites (N-methyl/N-ethyl adjacent to an activating group) is 1. The predicted octanol–water partition coefficient (Wildman–Crippen LogP) is 2.83. The summed E-state index contributed by atoms with van der Waals surface area (Å²) in [6.45, 7) is 10.9. The minimum atomic E-state index is -1.26. The molecule has 2 saturated heterocycles. The molecule has 48 heavy (non-hydrogen) atoms. The van der Waals surface area contributed by atoms with Gasteiger partial charge >= 0.3 is 11.9 Å². The van der Waals surface area contributed by atoms with E-state index in [9.17, 15) is 19.5 Å². The number of aliphatic hydroxyl groups excluding tert-OH is 1. The number of amides is 1. The number of nitrogens with zero attached hydrogens (tertiary/aromatic N) is 5. The van der Waals surface area contributed by atoms with E-state index in [1.165, 1.54) is 50.3 Å². The number of aliphatic carboxylic acids is 2. The first-order valence-electron chi connectivity index (χ1n) is 16.8. The zero-order valence-corrected chi connectivity index (χ0v) is 28.2. The molecule has 14 nitrogen and oxygen atoms in total. The zero-order valence-electron chi connectivity index (χ0n) is 28.2. The summed E-state index contributed by atoms with van der Waals surface area (Å²) in [5.41, 5.74) is 9.88. The highest BCUT2D eigenvalue weighted by atomic mass is 16.4. The van der Waals surface area contributed by atoms with E-state index in [1.807, 2.05) is 13.0 Å². The third-order valence-electron chi connectivity index (χ3n) is 9.26. The van der Waals surface area contributed by atoms with Gasteiger partial charge in [-0.25, -0.2) is 19.6 Å². The van der Waals surface area contributed by atoms with Crippen molar-refractivity contribution < 1.29 is 29.7 Å². The van der Waals surface area contributed by atoms with Gasteiger partial charge in [0, 0.05) is 74.9 Å². The molecule has 5 rings (SSSR count). The first kappa shape index (κ1) is 36.6. The number of piperidine rings is 1. The van der Waals surface area contributed by atoms with Gasteiger partial charge in [-0.15, -0.1) is 0 Å². The molecule has 0 unspecified atom stereocenters. The number of benzene rings is 1. The molecule has 7 N–H and O–H groups in total. The largest absolute Gasteiger partial charge is 0.478 e. The van der Waals surface area contributed by atoms with E-state index in [0.29, 0.717) is 36.3 Å². The molecule has 1 aromatic heterocycles. The van der Waals surface area contributed by atoms with Gasteiger partial charge < -0.3 is 41.5 Å². The van der Waals surface area contributed by atoms with Gasteiger partial charge in [0.1, 0.15) is 5.82 Å². The van der Waals surface area contributed by atoms with Crippen LogP contribution in [0.2, 0.25) is 0 Å². The van der Waals surface area contributed by atoms with E-state index in [-0.39, 0.29) is 17.8 Å². The maximum atomic E-state index is 12.3. The minimum Gasteiger partial charge on any atom is -0.478 e. The Morgan fingerprint density at radius 2 is 1.54 bits per heavy atom. The second-order valence-corrected chi connectivity index (χ2v) is 12.8. The molecule has 0 atom stereocenters. The number of piperazine rings is 1. The number of hydrogen-bond acceptors (Lipinski definition) is 11. The summed E-state index contributed by atoms with van der Waals surface area (Å²) in [6.07, 6.45) is 7.21. The molecule has 1 aliphatic carbocycles. The number of nitrogens with one attached hydrogen (secondary N) is 2. The van der Waals surface area contributed by atoms with Crippen LogP contribution in [0.4, 0.5) is 23.0 Å². The number of carboxylic acid groups (broad SMARTS) is 2. The molecular formula is C34H50N8O6. The van der Waals surface area contributed by atoms with Crippen molar-refractivity contribution in [3.8, 4) is 0 Å². The molecule has 3 fully saturated rings. The fourth-order valence-electron chi connectivity index (χ4n) is 6.53. The number of primary amides is 1. The molecule has 3 heterocycles. The lowest BCUT2D eigenvalue weighted by molar-refractivity contribution is -0.134. The van der Waals surface area contributed by atoms with Crippen molar-refractivity contribution in [1.29, 1.82) is 0 Å². The van der Waals surface area contributed by atoms with Crippen molar-refractivity contribution in [2.45, 2.75) is 77.0 Å². The second kappa shape index (κ2) is 17.2. The summed E-state index contributed by atoms with van der Waals surface area (Å²) in [7, 11) is 2.21. The predicted molar refractivity (Wildman–Crippen MR) is 185 cm³/mol. The fraction of sp³-hybridized carbons (Fsp3) is 0.559. The van der Waals surface area contributed by atoms with E-state index in [1.54, 1.807) is 0 Å². The Balaban J connectivity index is 0.000000579. The summed E-state index contributed by atoms with van der Waals surface area (Å²) >= 11 is 0. The monoisotopic (exact) mass is 666 g/mol. The van der Waals surface area contributed by atoms with Crippen molar-refractivity contribution in [2.24, 2.45) is 5.73 Å². The first-order valence-corrected chi connectivity index (χ1v) is 16.8. The lowest BCUT2D eigenvalue weighted by Crippen LogP contribution is -2.52. The second-order valence-electron chi connectivity index (χ2n) is 12.8. The molecule has 0 radical (unpaired) electrons. The third-order valence-corrected chi connectivity index (χ3v) is 9.26. The van der Waals surface area contributed by atoms with Crippen LogP contribution < -0.4 is 21.3 Å². The number of carbonyl (C=O) groups is 3. The van der Waals surface area contributed by atoms with E-state index < -0.39 is 17.8 Å². The van der Waals surface area contributed by atoms with Crippen molar-refractivity contribution in [2.75, 3.05) is 61.8 Å². The number of anilines is 4. The van der Waals surface area contributed by atoms with Gasteiger partial charge in [-0.3, -0.25) is 9.69 Å². The van der Waals surface area contributed by atoms with E-state index >= 15 is 0 Å². The summed E-state index contributed by atoms with van der Waals surface area (Å²) in [4.78, 5) is 48.4. The molecule has 3 aliphatic rings. The average Bonchev–Trinajstić information content (AvgIpc) is 3.06. The molecule has 262 valence electrons. The number of aromatic nitrogens is 2. The quantitative estimate of drug-likeness (QED) is 0.203. The highest BCUT2D eigenvalue weighted by Gasteiger charge is 2.28. The number of nitrogens with two attached hydrogens (primary N) is 1. The van der Waals surface area contributed by atoms with Crippen LogP contribution in [-0.2, 0) is 16.0 Å². The summed E-state index contributed by atoms with van der Waals surface area (Å²) < 4.78 is 0. The molecule has 2 aliphatic heterocycles. The van der Waals surface area contributed by atoms with Gasteiger partial charge in [0.15, 0.2) is 11.5 Å². The maximum Gasteiger partial charge on any atom is 0.328 e. The lowest BCUT2D eigenvalue weighted by Gasteiger charge is -2.43. The number of aliphatic hydroxyl groups is 1. The standard InChI is InChI=1S/C30H46N8O2.C4H4O4/c1-4-25-29(32-21-5-8-24(39)9-6-21)35-30(27(34-25)28(31)40)33-22-7-10-26(20(2)19-22)38-13-11-23(12-14-38)37-17-15-36(3)16-18-37;5-3(6)1-2-4(7)8/h7,10,19,21,23-24,39H,4-6,8-9,11-18H2,1-3H3,(H2,31,40)(H2,32,33,35);1-2H,(H,5,6)(H,7,8)/b;2-1+. The van der Waals surface area contributed by atoms with E-state index in [0.717, 1.165) is 50.2 Å². The van der Waals surface area contributed by atoms with Crippen LogP contribution in [-0.4, -0.2) is 117 Å². The molecule has 2 aromatic rings. The van der Waals surface area contributed by atoms with Gasteiger partial charge in [-0.1, -0.05) is 6.92 Å². The number of aryl methyl sites for hydroxylation is 2. The Morgan fingerprint density at radius 3 is 2.08 bits per heavy atom. The topological polar surface area (TPSA) is 197 Å². The summed E-state index contributed by atoms with van der Waals surface area (Å²) in [5, 5.41) is 32.3. The van der Waals surface area contributed by atoms with Crippen LogP contribution in [0.25, 0.3) is 0 Å². The van der Waals surface area contributed by atoms with Gasteiger partial charge in [0.2, 0.25) is 0 Å². The Kier molecular flexibility index (Phi) is 13.1. The van der Waals surface area contributed by atoms with E-state index in [2.05, 4.69) is 56.4 Å². The smallest absolute Gasteiger partial charge is 0.328 e.